The van der Waals surface area contributed by atoms with Crippen molar-refractivity contribution in [3.8, 4) is 0 Å². The van der Waals surface area contributed by atoms with Crippen molar-refractivity contribution in [2.24, 2.45) is 0 Å². The van der Waals surface area contributed by atoms with E-state index in [2.05, 4.69) is 22.6 Å². The molecule has 0 saturated heterocycles. The van der Waals surface area contributed by atoms with Gasteiger partial charge < -0.3 is 5.32 Å². The maximum Gasteiger partial charge on any atom is 0.0722 e. The highest BCUT2D eigenvalue weighted by Gasteiger charge is 1.99. The number of hydrogen-bond acceptors (Lipinski definition) is 3. The first-order valence-electron chi connectivity index (χ1n) is 4.98. The zero-order valence-corrected chi connectivity index (χ0v) is 9.55. The number of nitrogens with zero attached hydrogens (tertiary/aromatic N) is 1. The van der Waals surface area contributed by atoms with E-state index in [1.165, 1.54) is 11.1 Å². The molecule has 0 atom stereocenters. The molecule has 78 valence electrons. The zero-order chi connectivity index (χ0) is 10.5. The largest absolute Gasteiger partial charge is 0.384 e. The fraction of sp³-hybridized carbons (Fsp3) is 0.250. The molecule has 2 aromatic rings. The van der Waals surface area contributed by atoms with Crippen molar-refractivity contribution in [3.05, 3.63) is 36.5 Å². The summed E-state index contributed by atoms with van der Waals surface area (Å²) in [6.07, 6.45) is 3.97. The lowest BCUT2D eigenvalue weighted by Crippen LogP contribution is -2.04. The molecule has 1 aromatic carbocycles. The Balaban J connectivity index is 2.26. The highest BCUT2D eigenvalue weighted by molar-refractivity contribution is 7.98. The second kappa shape index (κ2) is 5.03. The van der Waals surface area contributed by atoms with Crippen LogP contribution in [0.1, 0.15) is 0 Å². The van der Waals surface area contributed by atoms with Gasteiger partial charge in [0.2, 0.25) is 0 Å². The number of para-hydroxylation sites is 1. The fourth-order valence-electron chi connectivity index (χ4n) is 1.54. The van der Waals surface area contributed by atoms with E-state index in [-0.39, 0.29) is 0 Å². The third-order valence-electron chi connectivity index (χ3n) is 2.27. The lowest BCUT2D eigenvalue weighted by molar-refractivity contribution is 1.23. The summed E-state index contributed by atoms with van der Waals surface area (Å²) in [4.78, 5) is 4.32. The van der Waals surface area contributed by atoms with E-state index in [1.54, 1.807) is 0 Å². The molecule has 0 amide bonds. The summed E-state index contributed by atoms with van der Waals surface area (Å²) < 4.78 is 0. The van der Waals surface area contributed by atoms with Gasteiger partial charge in [-0.2, -0.15) is 11.8 Å². The number of anilines is 1. The molecule has 1 aromatic heterocycles. The molecule has 0 bridgehead atoms. The van der Waals surface area contributed by atoms with E-state index in [9.17, 15) is 0 Å². The number of thioether (sulfide) groups is 1. The Kier molecular flexibility index (Phi) is 3.45. The van der Waals surface area contributed by atoms with E-state index in [1.807, 2.05) is 42.2 Å². The van der Waals surface area contributed by atoms with Gasteiger partial charge in [-0.25, -0.2) is 0 Å². The Hall–Kier alpha value is -1.22. The van der Waals surface area contributed by atoms with Crippen molar-refractivity contribution in [2.75, 3.05) is 23.9 Å². The van der Waals surface area contributed by atoms with Gasteiger partial charge in [0.1, 0.15) is 0 Å². The van der Waals surface area contributed by atoms with E-state index in [4.69, 9.17) is 0 Å². The normalized spacial score (nSPS) is 10.5. The summed E-state index contributed by atoms with van der Waals surface area (Å²) in [5.41, 5.74) is 2.22. The number of hydrogen-bond donors (Lipinski definition) is 1. The van der Waals surface area contributed by atoms with Gasteiger partial charge in [-0.3, -0.25) is 4.98 Å². The summed E-state index contributed by atoms with van der Waals surface area (Å²) in [5.74, 6) is 1.12. The number of nitrogens with one attached hydrogen (secondary N) is 1. The molecule has 2 nitrogen and oxygen atoms in total. The molecular formula is C12H14N2S. The number of benzene rings is 1. The molecule has 15 heavy (non-hydrogen) atoms. The van der Waals surface area contributed by atoms with Crippen LogP contribution in [0.3, 0.4) is 0 Å². The smallest absolute Gasteiger partial charge is 0.0722 e. The van der Waals surface area contributed by atoms with Crippen LogP contribution in [0.4, 0.5) is 5.69 Å². The minimum Gasteiger partial charge on any atom is -0.384 e. The first-order chi connectivity index (χ1) is 7.42. The standard InChI is InChI=1S/C12H14N2S/c1-15-9-8-14-12-6-7-13-11-5-3-2-4-10(11)12/h2-7H,8-9H2,1H3,(H,13,14). The molecule has 0 aliphatic carbocycles. The Bertz CT molecular complexity index is 437. The topological polar surface area (TPSA) is 24.9 Å². The van der Waals surface area contributed by atoms with E-state index >= 15 is 0 Å². The molecule has 0 spiro atoms. The van der Waals surface area contributed by atoms with Crippen LogP contribution in [-0.2, 0) is 0 Å². The predicted octanol–water partition coefficient (Wildman–Crippen LogP) is 3.01. The highest BCUT2D eigenvalue weighted by atomic mass is 32.2. The average Bonchev–Trinajstić information content (AvgIpc) is 2.30. The first kappa shape index (κ1) is 10.3. The highest BCUT2D eigenvalue weighted by Crippen LogP contribution is 2.20. The minimum atomic E-state index is 0.995. The van der Waals surface area contributed by atoms with E-state index < -0.39 is 0 Å². The fourth-order valence-corrected chi connectivity index (χ4v) is 1.84. The van der Waals surface area contributed by atoms with Gasteiger partial charge in [0.15, 0.2) is 0 Å². The molecule has 3 heteroatoms. The summed E-state index contributed by atoms with van der Waals surface area (Å²) >= 11 is 1.85. The van der Waals surface area contributed by atoms with E-state index in [0.29, 0.717) is 0 Å². The van der Waals surface area contributed by atoms with Gasteiger partial charge >= 0.3 is 0 Å². The van der Waals surface area contributed by atoms with Crippen LogP contribution in [-0.4, -0.2) is 23.5 Å². The van der Waals surface area contributed by atoms with Crippen molar-refractivity contribution in [3.63, 3.8) is 0 Å². The molecular weight excluding hydrogens is 204 g/mol. The van der Waals surface area contributed by atoms with Crippen LogP contribution < -0.4 is 5.32 Å². The molecule has 2 rings (SSSR count). The third-order valence-corrected chi connectivity index (χ3v) is 2.88. The van der Waals surface area contributed by atoms with Gasteiger partial charge in [-0.05, 0) is 18.4 Å². The minimum absolute atomic E-state index is 0.995. The summed E-state index contributed by atoms with van der Waals surface area (Å²) in [7, 11) is 0. The molecule has 0 aliphatic rings. The Morgan fingerprint density at radius 3 is 3.00 bits per heavy atom. The second-order valence-electron chi connectivity index (χ2n) is 3.30. The van der Waals surface area contributed by atoms with Gasteiger partial charge in [-0.15, -0.1) is 0 Å². The second-order valence-corrected chi connectivity index (χ2v) is 4.28. The van der Waals surface area contributed by atoms with Gasteiger partial charge in [0.05, 0.1) is 5.52 Å². The van der Waals surface area contributed by atoms with Crippen LogP contribution in [0, 0.1) is 0 Å². The maximum atomic E-state index is 4.32. The van der Waals surface area contributed by atoms with Crippen molar-refractivity contribution in [2.45, 2.75) is 0 Å². The Morgan fingerprint density at radius 1 is 1.27 bits per heavy atom. The van der Waals surface area contributed by atoms with Crippen LogP contribution >= 0.6 is 11.8 Å². The van der Waals surface area contributed by atoms with Gasteiger partial charge in [0, 0.05) is 29.6 Å². The van der Waals surface area contributed by atoms with Gasteiger partial charge in [-0.1, -0.05) is 18.2 Å². The van der Waals surface area contributed by atoms with Gasteiger partial charge in [0.25, 0.3) is 0 Å². The lowest BCUT2D eigenvalue weighted by Gasteiger charge is -2.08. The molecule has 1 heterocycles. The Labute approximate surface area is 94.1 Å². The number of fused-ring (bicyclic) bond motifs is 1. The number of rotatable bonds is 4. The van der Waals surface area contributed by atoms with Crippen LogP contribution in [0.15, 0.2) is 36.5 Å². The molecule has 0 fully saturated rings. The van der Waals surface area contributed by atoms with Crippen molar-refractivity contribution in [1.29, 1.82) is 0 Å². The molecule has 0 aliphatic heterocycles. The monoisotopic (exact) mass is 218 g/mol. The van der Waals surface area contributed by atoms with E-state index in [0.717, 1.165) is 17.8 Å². The third kappa shape index (κ3) is 2.42. The molecule has 0 radical (unpaired) electrons. The average molecular weight is 218 g/mol. The van der Waals surface area contributed by atoms with Crippen molar-refractivity contribution in [1.82, 2.24) is 4.98 Å². The molecule has 0 unspecified atom stereocenters. The maximum absolute atomic E-state index is 4.32. The van der Waals surface area contributed by atoms with Crippen LogP contribution in [0.2, 0.25) is 0 Å². The molecule has 1 N–H and O–H groups in total. The van der Waals surface area contributed by atoms with Crippen molar-refractivity contribution < 1.29 is 0 Å². The van der Waals surface area contributed by atoms with Crippen LogP contribution in [0.5, 0.6) is 0 Å². The Morgan fingerprint density at radius 2 is 2.13 bits per heavy atom. The summed E-state index contributed by atoms with van der Waals surface area (Å²) in [6.45, 7) is 0.995. The molecule has 0 saturated carbocycles. The first-order valence-corrected chi connectivity index (χ1v) is 6.38. The zero-order valence-electron chi connectivity index (χ0n) is 8.73. The predicted molar refractivity (Wildman–Crippen MR) is 68.6 cm³/mol. The summed E-state index contributed by atoms with van der Waals surface area (Å²) in [6, 6.07) is 10.2. The summed E-state index contributed by atoms with van der Waals surface area (Å²) in [5, 5.41) is 4.62. The number of aromatic nitrogens is 1. The number of pyridine rings is 1. The van der Waals surface area contributed by atoms with Crippen molar-refractivity contribution >= 4 is 28.4 Å². The van der Waals surface area contributed by atoms with Crippen LogP contribution in [0.25, 0.3) is 10.9 Å². The quantitative estimate of drug-likeness (QED) is 0.798. The lowest BCUT2D eigenvalue weighted by atomic mass is 10.2. The SMILES string of the molecule is CSCCNc1ccnc2ccccc12.